The molecule has 0 aliphatic carbocycles. The van der Waals surface area contributed by atoms with Crippen molar-refractivity contribution in [1.82, 2.24) is 4.90 Å². The Hall–Kier alpha value is -1.70. The summed E-state index contributed by atoms with van der Waals surface area (Å²) in [5.41, 5.74) is 1.29. The maximum Gasteiger partial charge on any atom is 0.123 e. The second-order valence-electron chi connectivity index (χ2n) is 4.48. The van der Waals surface area contributed by atoms with Crippen LogP contribution in [-0.2, 0) is 13.0 Å². The van der Waals surface area contributed by atoms with E-state index in [1.807, 2.05) is 13.1 Å². The number of nitrogens with zero attached hydrogens (tertiary/aromatic N) is 2. The van der Waals surface area contributed by atoms with E-state index in [9.17, 15) is 4.39 Å². The smallest absolute Gasteiger partial charge is 0.123 e. The van der Waals surface area contributed by atoms with Gasteiger partial charge in [0.1, 0.15) is 5.82 Å². The van der Waals surface area contributed by atoms with Crippen LogP contribution in [0.3, 0.4) is 0 Å². The lowest BCUT2D eigenvalue weighted by molar-refractivity contribution is 0.331. The molecule has 0 radical (unpaired) electrons. The Morgan fingerprint density at radius 2 is 2.21 bits per heavy atom. The maximum absolute atomic E-state index is 13.2. The second kappa shape index (κ2) is 6.46. The van der Waals surface area contributed by atoms with E-state index < -0.39 is 0 Å². The molecular formula is C15H15FN2S. The lowest BCUT2D eigenvalue weighted by Crippen LogP contribution is -2.21. The van der Waals surface area contributed by atoms with Gasteiger partial charge in [0.2, 0.25) is 0 Å². The molecule has 0 bridgehead atoms. The van der Waals surface area contributed by atoms with Gasteiger partial charge in [-0.3, -0.25) is 0 Å². The summed E-state index contributed by atoms with van der Waals surface area (Å²) < 4.78 is 13.2. The molecule has 0 N–H and O–H groups in total. The Morgan fingerprint density at radius 3 is 2.89 bits per heavy atom. The van der Waals surface area contributed by atoms with Gasteiger partial charge in [-0.25, -0.2) is 4.39 Å². The fourth-order valence-corrected chi connectivity index (χ4v) is 2.63. The lowest BCUT2D eigenvalue weighted by atomic mass is 10.1. The van der Waals surface area contributed by atoms with E-state index in [1.165, 1.54) is 23.1 Å². The van der Waals surface area contributed by atoms with Gasteiger partial charge in [-0.15, -0.1) is 11.3 Å². The molecule has 19 heavy (non-hydrogen) atoms. The Kier molecular flexibility index (Phi) is 4.67. The monoisotopic (exact) mass is 274 g/mol. The predicted octanol–water partition coefficient (Wildman–Crippen LogP) is 3.43. The van der Waals surface area contributed by atoms with Crippen molar-refractivity contribution in [3.63, 3.8) is 0 Å². The van der Waals surface area contributed by atoms with Crippen molar-refractivity contribution >= 4 is 11.3 Å². The van der Waals surface area contributed by atoms with Crippen LogP contribution in [0.2, 0.25) is 0 Å². The van der Waals surface area contributed by atoms with Crippen molar-refractivity contribution in [3.8, 4) is 6.07 Å². The number of nitriles is 1. The molecule has 0 amide bonds. The van der Waals surface area contributed by atoms with Crippen molar-refractivity contribution in [1.29, 1.82) is 5.26 Å². The first-order chi connectivity index (χ1) is 9.19. The normalized spacial score (nSPS) is 10.6. The highest BCUT2D eigenvalue weighted by molar-refractivity contribution is 7.09. The zero-order valence-electron chi connectivity index (χ0n) is 10.8. The molecule has 0 fully saturated rings. The third-order valence-electron chi connectivity index (χ3n) is 2.95. The molecule has 2 rings (SSSR count). The molecule has 0 aliphatic heterocycles. The molecule has 98 valence electrons. The summed E-state index contributed by atoms with van der Waals surface area (Å²) in [5.74, 6) is -0.291. The molecule has 1 heterocycles. The summed E-state index contributed by atoms with van der Waals surface area (Å²) in [7, 11) is 1.99. The number of likely N-dealkylation sites (N-methyl/N-ethyl adjacent to an activating group) is 1. The summed E-state index contributed by atoms with van der Waals surface area (Å²) in [4.78, 5) is 3.45. The van der Waals surface area contributed by atoms with Gasteiger partial charge in [-0.2, -0.15) is 5.26 Å². The molecular weight excluding hydrogens is 259 g/mol. The summed E-state index contributed by atoms with van der Waals surface area (Å²) in [5, 5.41) is 11.1. The van der Waals surface area contributed by atoms with Crippen LogP contribution in [0, 0.1) is 17.1 Å². The second-order valence-corrected chi connectivity index (χ2v) is 5.51. The number of halogens is 1. The molecule has 0 spiro atoms. The van der Waals surface area contributed by atoms with Crippen LogP contribution in [0.1, 0.15) is 16.0 Å². The molecule has 1 aromatic carbocycles. The minimum absolute atomic E-state index is 0.291. The van der Waals surface area contributed by atoms with Crippen LogP contribution in [-0.4, -0.2) is 18.5 Å². The maximum atomic E-state index is 13.2. The van der Waals surface area contributed by atoms with Gasteiger partial charge in [-0.05, 0) is 48.7 Å². The lowest BCUT2D eigenvalue weighted by Gasteiger charge is -2.17. The van der Waals surface area contributed by atoms with Crippen molar-refractivity contribution < 1.29 is 4.39 Å². The number of rotatable bonds is 5. The SMILES string of the molecule is CN(CCc1cccs1)Cc1cc(F)ccc1C#N. The zero-order chi connectivity index (χ0) is 13.7. The molecule has 2 nitrogen and oxygen atoms in total. The van der Waals surface area contributed by atoms with Gasteiger partial charge in [-0.1, -0.05) is 6.07 Å². The first-order valence-electron chi connectivity index (χ1n) is 6.08. The minimum Gasteiger partial charge on any atom is -0.302 e. The van der Waals surface area contributed by atoms with E-state index in [0.29, 0.717) is 12.1 Å². The van der Waals surface area contributed by atoms with E-state index in [-0.39, 0.29) is 5.82 Å². The molecule has 0 saturated carbocycles. The standard InChI is InChI=1S/C15H15FN2S/c1-18(7-6-15-3-2-8-19-15)11-13-9-14(16)5-4-12(13)10-17/h2-5,8-9H,6-7,11H2,1H3. The third kappa shape index (κ3) is 3.88. The number of hydrogen-bond donors (Lipinski definition) is 0. The highest BCUT2D eigenvalue weighted by atomic mass is 32.1. The Morgan fingerprint density at radius 1 is 1.37 bits per heavy atom. The fourth-order valence-electron chi connectivity index (χ4n) is 1.93. The van der Waals surface area contributed by atoms with E-state index in [0.717, 1.165) is 18.5 Å². The summed E-state index contributed by atoms with van der Waals surface area (Å²) in [6.45, 7) is 1.48. The van der Waals surface area contributed by atoms with Gasteiger partial charge >= 0.3 is 0 Å². The average molecular weight is 274 g/mol. The number of thiophene rings is 1. The quantitative estimate of drug-likeness (QED) is 0.835. The first-order valence-corrected chi connectivity index (χ1v) is 6.96. The third-order valence-corrected chi connectivity index (χ3v) is 3.88. The minimum atomic E-state index is -0.291. The van der Waals surface area contributed by atoms with Gasteiger partial charge in [0.05, 0.1) is 11.6 Å². The van der Waals surface area contributed by atoms with Crippen LogP contribution in [0.25, 0.3) is 0 Å². The van der Waals surface area contributed by atoms with E-state index in [4.69, 9.17) is 5.26 Å². The van der Waals surface area contributed by atoms with Crippen molar-refractivity contribution in [2.24, 2.45) is 0 Å². The molecule has 4 heteroatoms. The number of benzene rings is 1. The van der Waals surface area contributed by atoms with Crippen LogP contribution >= 0.6 is 11.3 Å². The molecule has 2 aromatic rings. The molecule has 0 aliphatic rings. The van der Waals surface area contributed by atoms with Crippen molar-refractivity contribution in [2.45, 2.75) is 13.0 Å². The van der Waals surface area contributed by atoms with Crippen LogP contribution in [0.15, 0.2) is 35.7 Å². The largest absolute Gasteiger partial charge is 0.302 e. The topological polar surface area (TPSA) is 27.0 Å². The molecule has 0 atom stereocenters. The molecule has 0 unspecified atom stereocenters. The van der Waals surface area contributed by atoms with Gasteiger partial charge in [0.25, 0.3) is 0 Å². The Labute approximate surface area is 116 Å². The predicted molar refractivity (Wildman–Crippen MR) is 75.5 cm³/mol. The Bertz CT molecular complexity index is 572. The van der Waals surface area contributed by atoms with E-state index in [2.05, 4.69) is 22.4 Å². The Balaban J connectivity index is 1.97. The average Bonchev–Trinajstić information content (AvgIpc) is 2.90. The summed E-state index contributed by atoms with van der Waals surface area (Å²) >= 11 is 1.74. The summed E-state index contributed by atoms with van der Waals surface area (Å²) in [6.07, 6.45) is 0.978. The van der Waals surface area contributed by atoms with Gasteiger partial charge in [0, 0.05) is 18.0 Å². The highest BCUT2D eigenvalue weighted by Gasteiger charge is 2.07. The molecule has 1 aromatic heterocycles. The van der Waals surface area contributed by atoms with E-state index >= 15 is 0 Å². The van der Waals surface area contributed by atoms with Gasteiger partial charge < -0.3 is 4.90 Å². The van der Waals surface area contributed by atoms with Crippen molar-refractivity contribution in [3.05, 3.63) is 57.5 Å². The number of hydrogen-bond acceptors (Lipinski definition) is 3. The zero-order valence-corrected chi connectivity index (χ0v) is 11.6. The fraction of sp³-hybridized carbons (Fsp3) is 0.267. The highest BCUT2D eigenvalue weighted by Crippen LogP contribution is 2.14. The van der Waals surface area contributed by atoms with Crippen LogP contribution in [0.4, 0.5) is 4.39 Å². The van der Waals surface area contributed by atoms with E-state index in [1.54, 1.807) is 11.3 Å². The summed E-state index contributed by atoms with van der Waals surface area (Å²) in [6, 6.07) is 10.6. The molecule has 0 saturated heterocycles. The van der Waals surface area contributed by atoms with Crippen molar-refractivity contribution in [2.75, 3.05) is 13.6 Å². The van der Waals surface area contributed by atoms with Crippen LogP contribution < -0.4 is 0 Å². The van der Waals surface area contributed by atoms with Gasteiger partial charge in [0.15, 0.2) is 0 Å². The first kappa shape index (κ1) is 13.7. The van der Waals surface area contributed by atoms with Crippen LogP contribution in [0.5, 0.6) is 0 Å².